The molecule has 0 bridgehead atoms. The van der Waals surface area contributed by atoms with Crippen molar-refractivity contribution in [3.05, 3.63) is 52.5 Å². The van der Waals surface area contributed by atoms with Crippen LogP contribution >= 0.6 is 11.6 Å². The Hall–Kier alpha value is -2.93. The SMILES string of the molecule is COc1ccc(Cl)cc1CN1C(=O)N[C@@](C)(c2ccc3c(c2)OCO3)C1=O. The van der Waals surface area contributed by atoms with Crippen molar-refractivity contribution in [2.45, 2.75) is 19.0 Å². The zero-order chi connectivity index (χ0) is 19.2. The maximum atomic E-state index is 13.1. The fourth-order valence-corrected chi connectivity index (χ4v) is 3.48. The third-order valence-electron chi connectivity index (χ3n) is 4.80. The van der Waals surface area contributed by atoms with Crippen LogP contribution in [0.5, 0.6) is 17.2 Å². The number of carbonyl (C=O) groups is 2. The molecule has 0 saturated carbocycles. The van der Waals surface area contributed by atoms with Gasteiger partial charge in [0.05, 0.1) is 13.7 Å². The number of urea groups is 1. The second-order valence-corrected chi connectivity index (χ2v) is 6.91. The number of hydrogen-bond acceptors (Lipinski definition) is 5. The van der Waals surface area contributed by atoms with Gasteiger partial charge in [-0.25, -0.2) is 4.79 Å². The maximum Gasteiger partial charge on any atom is 0.325 e. The lowest BCUT2D eigenvalue weighted by molar-refractivity contribution is -0.131. The van der Waals surface area contributed by atoms with E-state index in [0.717, 1.165) is 4.90 Å². The van der Waals surface area contributed by atoms with E-state index in [0.29, 0.717) is 33.4 Å². The zero-order valence-corrected chi connectivity index (χ0v) is 15.5. The molecule has 2 aliphatic heterocycles. The standard InChI is InChI=1S/C19H17ClN2O5/c1-19(12-3-5-15-16(8-12)27-10-26-15)17(23)22(18(24)21-19)9-11-7-13(20)4-6-14(11)25-2/h3-8H,9-10H2,1-2H3,(H,21,24)/t19-/m0/s1. The molecule has 2 aliphatic rings. The molecule has 3 amide bonds. The number of fused-ring (bicyclic) bond motifs is 1. The van der Waals surface area contributed by atoms with E-state index < -0.39 is 11.6 Å². The van der Waals surface area contributed by atoms with Crippen LogP contribution in [-0.4, -0.2) is 30.7 Å². The average molecular weight is 389 g/mol. The number of halogens is 1. The minimum atomic E-state index is -1.20. The van der Waals surface area contributed by atoms with Crippen LogP contribution in [0.2, 0.25) is 5.02 Å². The van der Waals surface area contributed by atoms with E-state index in [1.165, 1.54) is 7.11 Å². The molecule has 2 aromatic carbocycles. The molecular formula is C19H17ClN2O5. The van der Waals surface area contributed by atoms with Crippen molar-refractivity contribution in [1.82, 2.24) is 10.2 Å². The van der Waals surface area contributed by atoms with Gasteiger partial charge in [-0.3, -0.25) is 9.69 Å². The van der Waals surface area contributed by atoms with Gasteiger partial charge < -0.3 is 19.5 Å². The molecule has 4 rings (SSSR count). The van der Waals surface area contributed by atoms with Crippen molar-refractivity contribution < 1.29 is 23.8 Å². The first-order valence-electron chi connectivity index (χ1n) is 8.29. The first kappa shape index (κ1) is 17.5. The van der Waals surface area contributed by atoms with Crippen LogP contribution in [-0.2, 0) is 16.9 Å². The number of methoxy groups -OCH3 is 1. The fourth-order valence-electron chi connectivity index (χ4n) is 3.28. The Morgan fingerprint density at radius 2 is 1.96 bits per heavy atom. The van der Waals surface area contributed by atoms with Crippen LogP contribution in [0, 0.1) is 0 Å². The van der Waals surface area contributed by atoms with Crippen molar-refractivity contribution in [3.63, 3.8) is 0 Å². The van der Waals surface area contributed by atoms with Crippen LogP contribution in [0.4, 0.5) is 4.79 Å². The largest absolute Gasteiger partial charge is 0.496 e. The first-order chi connectivity index (χ1) is 12.9. The minimum absolute atomic E-state index is 0.0501. The summed E-state index contributed by atoms with van der Waals surface area (Å²) in [6, 6.07) is 9.77. The number of amides is 3. The van der Waals surface area contributed by atoms with Gasteiger partial charge in [0.1, 0.15) is 11.3 Å². The molecule has 2 aromatic rings. The van der Waals surface area contributed by atoms with Gasteiger partial charge in [0.15, 0.2) is 11.5 Å². The summed E-state index contributed by atoms with van der Waals surface area (Å²) < 4.78 is 16.0. The highest BCUT2D eigenvalue weighted by Gasteiger charge is 2.49. The number of nitrogens with zero attached hydrogens (tertiary/aromatic N) is 1. The summed E-state index contributed by atoms with van der Waals surface area (Å²) >= 11 is 6.05. The zero-order valence-electron chi connectivity index (χ0n) is 14.7. The molecule has 0 radical (unpaired) electrons. The molecule has 8 heteroatoms. The molecule has 1 saturated heterocycles. The smallest absolute Gasteiger partial charge is 0.325 e. The third kappa shape index (κ3) is 2.84. The number of rotatable bonds is 4. The molecular weight excluding hydrogens is 372 g/mol. The summed E-state index contributed by atoms with van der Waals surface area (Å²) in [5.74, 6) is 1.34. The van der Waals surface area contributed by atoms with Gasteiger partial charge in [0, 0.05) is 10.6 Å². The van der Waals surface area contributed by atoms with Gasteiger partial charge in [0.25, 0.3) is 5.91 Å². The van der Waals surface area contributed by atoms with E-state index in [2.05, 4.69) is 5.32 Å². The summed E-state index contributed by atoms with van der Waals surface area (Å²) in [5.41, 5.74) is 0.0539. The quantitative estimate of drug-likeness (QED) is 0.814. The highest BCUT2D eigenvalue weighted by molar-refractivity contribution is 6.30. The van der Waals surface area contributed by atoms with Gasteiger partial charge in [-0.2, -0.15) is 0 Å². The van der Waals surface area contributed by atoms with Crippen LogP contribution in [0.3, 0.4) is 0 Å². The Morgan fingerprint density at radius 1 is 1.19 bits per heavy atom. The summed E-state index contributed by atoms with van der Waals surface area (Å²) in [6.45, 7) is 1.85. The van der Waals surface area contributed by atoms with Crippen LogP contribution in [0.15, 0.2) is 36.4 Å². The van der Waals surface area contributed by atoms with E-state index in [9.17, 15) is 9.59 Å². The van der Waals surface area contributed by atoms with Crippen molar-refractivity contribution in [2.24, 2.45) is 0 Å². The highest BCUT2D eigenvalue weighted by Crippen LogP contribution is 2.38. The van der Waals surface area contributed by atoms with E-state index >= 15 is 0 Å². The Bertz CT molecular complexity index is 948. The maximum absolute atomic E-state index is 13.1. The molecule has 0 unspecified atom stereocenters. The van der Waals surface area contributed by atoms with E-state index in [1.54, 1.807) is 43.3 Å². The summed E-state index contributed by atoms with van der Waals surface area (Å²) in [4.78, 5) is 26.8. The summed E-state index contributed by atoms with van der Waals surface area (Å²) in [7, 11) is 1.52. The lowest BCUT2D eigenvalue weighted by Gasteiger charge is -2.22. The van der Waals surface area contributed by atoms with E-state index in [4.69, 9.17) is 25.8 Å². The molecule has 0 spiro atoms. The highest BCUT2D eigenvalue weighted by atomic mass is 35.5. The van der Waals surface area contributed by atoms with Gasteiger partial charge in [0.2, 0.25) is 6.79 Å². The van der Waals surface area contributed by atoms with Crippen molar-refractivity contribution >= 4 is 23.5 Å². The predicted molar refractivity (Wildman–Crippen MR) is 97.0 cm³/mol. The number of imide groups is 1. The van der Waals surface area contributed by atoms with Crippen molar-refractivity contribution in [3.8, 4) is 17.2 Å². The Kier molecular flexibility index (Phi) is 4.11. The monoisotopic (exact) mass is 388 g/mol. The molecule has 1 N–H and O–H groups in total. The number of ether oxygens (including phenoxy) is 3. The molecule has 2 heterocycles. The van der Waals surface area contributed by atoms with Crippen molar-refractivity contribution in [2.75, 3.05) is 13.9 Å². The van der Waals surface area contributed by atoms with Crippen LogP contribution < -0.4 is 19.5 Å². The van der Waals surface area contributed by atoms with E-state index in [-0.39, 0.29) is 19.2 Å². The molecule has 1 atom stereocenters. The Morgan fingerprint density at radius 3 is 2.74 bits per heavy atom. The van der Waals surface area contributed by atoms with Gasteiger partial charge in [-0.05, 0) is 42.8 Å². The van der Waals surface area contributed by atoms with E-state index in [1.807, 2.05) is 0 Å². The molecule has 7 nitrogen and oxygen atoms in total. The van der Waals surface area contributed by atoms with Crippen LogP contribution in [0.1, 0.15) is 18.1 Å². The second kappa shape index (κ2) is 6.35. The average Bonchev–Trinajstić information content (AvgIpc) is 3.20. The fraction of sp³-hybridized carbons (Fsp3) is 0.263. The number of carbonyl (C=O) groups excluding carboxylic acids is 2. The molecule has 0 aliphatic carbocycles. The Labute approximate surface area is 160 Å². The lowest BCUT2D eigenvalue weighted by Crippen LogP contribution is -2.40. The minimum Gasteiger partial charge on any atom is -0.496 e. The lowest BCUT2D eigenvalue weighted by atomic mass is 9.91. The molecule has 140 valence electrons. The first-order valence-corrected chi connectivity index (χ1v) is 8.67. The second-order valence-electron chi connectivity index (χ2n) is 6.47. The normalized spacial score (nSPS) is 20.8. The number of hydrogen-bond donors (Lipinski definition) is 1. The van der Waals surface area contributed by atoms with Gasteiger partial charge in [-0.15, -0.1) is 0 Å². The van der Waals surface area contributed by atoms with Crippen molar-refractivity contribution in [1.29, 1.82) is 0 Å². The Balaban J connectivity index is 1.65. The van der Waals surface area contributed by atoms with Crippen LogP contribution in [0.25, 0.3) is 0 Å². The number of nitrogens with one attached hydrogen (secondary N) is 1. The topological polar surface area (TPSA) is 77.1 Å². The molecule has 27 heavy (non-hydrogen) atoms. The number of benzene rings is 2. The molecule has 1 fully saturated rings. The summed E-state index contributed by atoms with van der Waals surface area (Å²) in [5, 5.41) is 3.27. The predicted octanol–water partition coefficient (Wildman–Crippen LogP) is 3.04. The summed E-state index contributed by atoms with van der Waals surface area (Å²) in [6.07, 6.45) is 0. The van der Waals surface area contributed by atoms with Gasteiger partial charge in [-0.1, -0.05) is 17.7 Å². The third-order valence-corrected chi connectivity index (χ3v) is 5.03. The molecule has 0 aromatic heterocycles. The van der Waals surface area contributed by atoms with Gasteiger partial charge >= 0.3 is 6.03 Å².